The van der Waals surface area contributed by atoms with Gasteiger partial charge in [-0.1, -0.05) is 5.10 Å². The van der Waals surface area contributed by atoms with Crippen molar-refractivity contribution >= 4 is 6.01 Å². The first-order valence-electron chi connectivity index (χ1n) is 5.69. The van der Waals surface area contributed by atoms with E-state index in [0.717, 1.165) is 25.8 Å². The Morgan fingerprint density at radius 2 is 2.38 bits per heavy atom. The number of aliphatic hydroxyl groups excluding tert-OH is 1. The highest BCUT2D eigenvalue weighted by molar-refractivity contribution is 5.27. The summed E-state index contributed by atoms with van der Waals surface area (Å²) >= 11 is 0. The monoisotopic (exact) mass is 226 g/mol. The molecule has 2 unspecified atom stereocenters. The SMILES string of the molecule is CC(N)c1nnc(N2CCCCC2CO)o1. The molecular formula is C10H18N4O2. The van der Waals surface area contributed by atoms with Crippen LogP contribution in [0.5, 0.6) is 0 Å². The van der Waals surface area contributed by atoms with Crippen LogP contribution >= 0.6 is 0 Å². The molecule has 0 saturated carbocycles. The molecule has 2 atom stereocenters. The topological polar surface area (TPSA) is 88.4 Å². The molecule has 3 N–H and O–H groups in total. The Hall–Kier alpha value is -1.14. The second-order valence-corrected chi connectivity index (χ2v) is 4.24. The zero-order chi connectivity index (χ0) is 11.5. The van der Waals surface area contributed by atoms with E-state index in [1.165, 1.54) is 0 Å². The van der Waals surface area contributed by atoms with Gasteiger partial charge in [0.15, 0.2) is 0 Å². The van der Waals surface area contributed by atoms with Crippen LogP contribution in [0, 0.1) is 0 Å². The zero-order valence-electron chi connectivity index (χ0n) is 9.46. The summed E-state index contributed by atoms with van der Waals surface area (Å²) in [4.78, 5) is 1.97. The lowest BCUT2D eigenvalue weighted by Crippen LogP contribution is -2.42. The van der Waals surface area contributed by atoms with E-state index in [9.17, 15) is 5.11 Å². The number of rotatable bonds is 3. The molecule has 90 valence electrons. The Balaban J connectivity index is 2.14. The van der Waals surface area contributed by atoms with Gasteiger partial charge >= 0.3 is 6.01 Å². The molecule has 0 spiro atoms. The number of nitrogens with two attached hydrogens (primary N) is 1. The fourth-order valence-corrected chi connectivity index (χ4v) is 1.97. The highest BCUT2D eigenvalue weighted by Gasteiger charge is 2.26. The average molecular weight is 226 g/mol. The van der Waals surface area contributed by atoms with Crippen LogP contribution in [0.4, 0.5) is 6.01 Å². The lowest BCUT2D eigenvalue weighted by Gasteiger charge is -2.32. The summed E-state index contributed by atoms with van der Waals surface area (Å²) in [6, 6.07) is 0.319. The van der Waals surface area contributed by atoms with Gasteiger partial charge in [-0.15, -0.1) is 5.10 Å². The van der Waals surface area contributed by atoms with Gasteiger partial charge in [-0.2, -0.15) is 0 Å². The predicted molar refractivity (Wildman–Crippen MR) is 59.0 cm³/mol. The normalized spacial score (nSPS) is 23.4. The van der Waals surface area contributed by atoms with Crippen LogP contribution in [0.25, 0.3) is 0 Å². The fourth-order valence-electron chi connectivity index (χ4n) is 1.97. The van der Waals surface area contributed by atoms with Gasteiger partial charge < -0.3 is 20.2 Å². The minimum atomic E-state index is -0.251. The lowest BCUT2D eigenvalue weighted by atomic mass is 10.0. The van der Waals surface area contributed by atoms with Crippen LogP contribution in [0.3, 0.4) is 0 Å². The maximum Gasteiger partial charge on any atom is 0.318 e. The molecule has 1 fully saturated rings. The summed E-state index contributed by atoms with van der Waals surface area (Å²) in [5.74, 6) is 0.442. The largest absolute Gasteiger partial charge is 0.406 e. The second-order valence-electron chi connectivity index (χ2n) is 4.24. The summed E-state index contributed by atoms with van der Waals surface area (Å²) in [6.07, 6.45) is 3.19. The molecule has 1 saturated heterocycles. The van der Waals surface area contributed by atoms with E-state index in [1.807, 2.05) is 4.90 Å². The lowest BCUT2D eigenvalue weighted by molar-refractivity contribution is 0.234. The fraction of sp³-hybridized carbons (Fsp3) is 0.800. The first-order valence-corrected chi connectivity index (χ1v) is 5.69. The molecule has 0 radical (unpaired) electrons. The third-order valence-corrected chi connectivity index (χ3v) is 2.90. The van der Waals surface area contributed by atoms with Crippen LogP contribution in [0.2, 0.25) is 0 Å². The van der Waals surface area contributed by atoms with Crippen LogP contribution in [0.1, 0.15) is 38.1 Å². The molecule has 0 amide bonds. The van der Waals surface area contributed by atoms with E-state index in [1.54, 1.807) is 6.92 Å². The van der Waals surface area contributed by atoms with Gasteiger partial charge in [0.1, 0.15) is 0 Å². The van der Waals surface area contributed by atoms with Gasteiger partial charge in [-0.25, -0.2) is 0 Å². The van der Waals surface area contributed by atoms with Crippen molar-refractivity contribution in [3.05, 3.63) is 5.89 Å². The molecule has 0 aromatic carbocycles. The summed E-state index contributed by atoms with van der Waals surface area (Å²) in [5, 5.41) is 17.2. The number of nitrogens with zero attached hydrogens (tertiary/aromatic N) is 3. The molecule has 16 heavy (non-hydrogen) atoms. The third kappa shape index (κ3) is 2.17. The van der Waals surface area contributed by atoms with Gasteiger partial charge in [0, 0.05) is 6.54 Å². The Kier molecular flexibility index (Phi) is 3.40. The predicted octanol–water partition coefficient (Wildman–Crippen LogP) is 0.440. The molecule has 6 nitrogen and oxygen atoms in total. The van der Waals surface area contributed by atoms with Gasteiger partial charge in [-0.3, -0.25) is 0 Å². The van der Waals surface area contributed by atoms with Crippen molar-refractivity contribution in [3.63, 3.8) is 0 Å². The van der Waals surface area contributed by atoms with Crippen molar-refractivity contribution in [2.45, 2.75) is 38.3 Å². The van der Waals surface area contributed by atoms with Crippen LogP contribution < -0.4 is 10.6 Å². The number of anilines is 1. The van der Waals surface area contributed by atoms with Crippen LogP contribution in [0.15, 0.2) is 4.42 Å². The molecule has 1 aromatic heterocycles. The van der Waals surface area contributed by atoms with Crippen molar-refractivity contribution in [3.8, 4) is 0 Å². The Bertz CT molecular complexity index is 339. The highest BCUT2D eigenvalue weighted by atomic mass is 16.4. The maximum absolute atomic E-state index is 9.28. The maximum atomic E-state index is 9.28. The number of hydrogen-bond acceptors (Lipinski definition) is 6. The van der Waals surface area contributed by atoms with Crippen molar-refractivity contribution in [2.24, 2.45) is 5.73 Å². The average Bonchev–Trinajstić information content (AvgIpc) is 2.78. The van der Waals surface area contributed by atoms with Crippen molar-refractivity contribution in [2.75, 3.05) is 18.1 Å². The van der Waals surface area contributed by atoms with Crippen molar-refractivity contribution in [1.29, 1.82) is 0 Å². The quantitative estimate of drug-likeness (QED) is 0.777. The Morgan fingerprint density at radius 1 is 1.56 bits per heavy atom. The minimum absolute atomic E-state index is 0.0927. The third-order valence-electron chi connectivity index (χ3n) is 2.90. The number of piperidine rings is 1. The smallest absolute Gasteiger partial charge is 0.318 e. The molecular weight excluding hydrogens is 208 g/mol. The molecule has 1 aliphatic rings. The van der Waals surface area contributed by atoms with E-state index in [4.69, 9.17) is 10.2 Å². The van der Waals surface area contributed by atoms with E-state index < -0.39 is 0 Å². The van der Waals surface area contributed by atoms with Crippen LogP contribution in [-0.2, 0) is 0 Å². The molecule has 0 aliphatic carbocycles. The summed E-state index contributed by atoms with van der Waals surface area (Å²) in [6.45, 7) is 2.78. The molecule has 1 aliphatic heterocycles. The van der Waals surface area contributed by atoms with Crippen molar-refractivity contribution in [1.82, 2.24) is 10.2 Å². The summed E-state index contributed by atoms with van der Waals surface area (Å²) in [7, 11) is 0. The minimum Gasteiger partial charge on any atom is -0.406 e. The molecule has 0 bridgehead atoms. The summed E-state index contributed by atoms with van der Waals surface area (Å²) < 4.78 is 5.48. The number of aliphatic hydroxyl groups is 1. The molecule has 2 heterocycles. The standard InChI is InChI=1S/C10H18N4O2/c1-7(11)9-12-13-10(16-9)14-5-3-2-4-8(14)6-15/h7-8,15H,2-6,11H2,1H3. The van der Waals surface area contributed by atoms with E-state index >= 15 is 0 Å². The van der Waals surface area contributed by atoms with Gasteiger partial charge in [-0.05, 0) is 26.2 Å². The number of aromatic nitrogens is 2. The Morgan fingerprint density at radius 3 is 3.00 bits per heavy atom. The van der Waals surface area contributed by atoms with Crippen molar-refractivity contribution < 1.29 is 9.52 Å². The van der Waals surface area contributed by atoms with E-state index in [0.29, 0.717) is 11.9 Å². The molecule has 1 aromatic rings. The van der Waals surface area contributed by atoms with E-state index in [-0.39, 0.29) is 18.7 Å². The van der Waals surface area contributed by atoms with Gasteiger partial charge in [0.25, 0.3) is 0 Å². The van der Waals surface area contributed by atoms with Gasteiger partial charge in [0.2, 0.25) is 5.89 Å². The van der Waals surface area contributed by atoms with E-state index in [2.05, 4.69) is 10.2 Å². The Labute approximate surface area is 94.4 Å². The zero-order valence-corrected chi connectivity index (χ0v) is 9.46. The highest BCUT2D eigenvalue weighted by Crippen LogP contribution is 2.24. The van der Waals surface area contributed by atoms with Gasteiger partial charge in [0.05, 0.1) is 18.7 Å². The molecule has 6 heteroatoms. The summed E-state index contributed by atoms with van der Waals surface area (Å²) in [5.41, 5.74) is 5.66. The molecule has 2 rings (SSSR count). The van der Waals surface area contributed by atoms with Crippen LogP contribution in [-0.4, -0.2) is 34.5 Å². The first-order chi connectivity index (χ1) is 7.72. The first kappa shape index (κ1) is 11.3. The number of hydrogen-bond donors (Lipinski definition) is 2. The second kappa shape index (κ2) is 4.80.